The van der Waals surface area contributed by atoms with Gasteiger partial charge < -0.3 is 14.8 Å². The van der Waals surface area contributed by atoms with Crippen molar-refractivity contribution in [2.24, 2.45) is 0 Å². The second-order valence-electron chi connectivity index (χ2n) is 3.83. The first-order chi connectivity index (χ1) is 7.81. The summed E-state index contributed by atoms with van der Waals surface area (Å²) in [4.78, 5) is 0. The first-order valence-electron chi connectivity index (χ1n) is 5.60. The van der Waals surface area contributed by atoms with E-state index in [0.29, 0.717) is 6.79 Å². The molecule has 0 fully saturated rings. The highest BCUT2D eigenvalue weighted by molar-refractivity contribution is 9.10. The Balaban J connectivity index is 1.98. The molecule has 0 radical (unpaired) electrons. The maximum absolute atomic E-state index is 5.35. The normalized spacial score (nSPS) is 13.1. The number of benzene rings is 1. The van der Waals surface area contributed by atoms with Gasteiger partial charge in [-0.1, -0.05) is 29.3 Å². The average molecular weight is 286 g/mol. The van der Waals surface area contributed by atoms with Crippen LogP contribution in [0.1, 0.15) is 25.3 Å². The molecule has 1 aliphatic heterocycles. The van der Waals surface area contributed by atoms with Crippen molar-refractivity contribution >= 4 is 15.9 Å². The third-order valence-corrected chi connectivity index (χ3v) is 3.30. The highest BCUT2D eigenvalue weighted by Gasteiger charge is 2.15. The highest BCUT2D eigenvalue weighted by atomic mass is 79.9. The second-order valence-corrected chi connectivity index (χ2v) is 4.68. The quantitative estimate of drug-likeness (QED) is 0.844. The molecule has 0 bridgehead atoms. The minimum Gasteiger partial charge on any atom is -0.454 e. The maximum Gasteiger partial charge on any atom is 0.231 e. The van der Waals surface area contributed by atoms with E-state index >= 15 is 0 Å². The topological polar surface area (TPSA) is 30.5 Å². The van der Waals surface area contributed by atoms with Crippen LogP contribution in [0.4, 0.5) is 0 Å². The van der Waals surface area contributed by atoms with Crippen molar-refractivity contribution in [2.75, 3.05) is 13.3 Å². The summed E-state index contributed by atoms with van der Waals surface area (Å²) < 4.78 is 11.7. The van der Waals surface area contributed by atoms with Crippen LogP contribution in [0.3, 0.4) is 0 Å². The Kier molecular flexibility index (Phi) is 4.07. The van der Waals surface area contributed by atoms with Crippen LogP contribution in [0.15, 0.2) is 16.6 Å². The van der Waals surface area contributed by atoms with E-state index in [1.807, 2.05) is 12.1 Å². The van der Waals surface area contributed by atoms with Gasteiger partial charge >= 0.3 is 0 Å². The van der Waals surface area contributed by atoms with Crippen molar-refractivity contribution in [2.45, 2.75) is 26.3 Å². The molecule has 0 saturated heterocycles. The summed E-state index contributed by atoms with van der Waals surface area (Å²) in [6, 6.07) is 4.00. The summed E-state index contributed by atoms with van der Waals surface area (Å²) in [7, 11) is 0. The van der Waals surface area contributed by atoms with Crippen LogP contribution in [0.2, 0.25) is 0 Å². The summed E-state index contributed by atoms with van der Waals surface area (Å²) in [5, 5.41) is 3.41. The van der Waals surface area contributed by atoms with E-state index in [9.17, 15) is 0 Å². The van der Waals surface area contributed by atoms with Crippen LogP contribution in [0.5, 0.6) is 11.5 Å². The van der Waals surface area contributed by atoms with Crippen molar-refractivity contribution in [3.63, 3.8) is 0 Å². The smallest absolute Gasteiger partial charge is 0.231 e. The molecule has 0 aromatic heterocycles. The molecule has 0 atom stereocenters. The maximum atomic E-state index is 5.35. The molecule has 1 N–H and O–H groups in total. The monoisotopic (exact) mass is 285 g/mol. The molecular formula is C12H16BrNO2. The molecule has 0 unspecified atom stereocenters. The summed E-state index contributed by atoms with van der Waals surface area (Å²) in [5.74, 6) is 1.67. The van der Waals surface area contributed by atoms with Crippen LogP contribution < -0.4 is 14.8 Å². The van der Waals surface area contributed by atoms with Gasteiger partial charge in [-0.25, -0.2) is 0 Å². The Morgan fingerprint density at radius 1 is 1.31 bits per heavy atom. The number of halogens is 1. The molecular weight excluding hydrogens is 270 g/mol. The molecule has 3 nitrogen and oxygen atoms in total. The number of fused-ring (bicyclic) bond motifs is 1. The zero-order valence-corrected chi connectivity index (χ0v) is 11.0. The van der Waals surface area contributed by atoms with E-state index in [4.69, 9.17) is 9.47 Å². The van der Waals surface area contributed by atoms with E-state index in [2.05, 4.69) is 28.2 Å². The summed E-state index contributed by atoms with van der Waals surface area (Å²) in [6.45, 7) is 4.43. The van der Waals surface area contributed by atoms with Crippen LogP contribution in [0, 0.1) is 0 Å². The summed E-state index contributed by atoms with van der Waals surface area (Å²) >= 11 is 3.54. The molecule has 16 heavy (non-hydrogen) atoms. The molecule has 4 heteroatoms. The van der Waals surface area contributed by atoms with E-state index in [1.54, 1.807) is 0 Å². The van der Waals surface area contributed by atoms with Gasteiger partial charge in [-0.2, -0.15) is 0 Å². The minimum atomic E-state index is 0.328. The summed E-state index contributed by atoms with van der Waals surface area (Å²) in [6.07, 6.45) is 2.43. The van der Waals surface area contributed by atoms with E-state index in [-0.39, 0.29) is 0 Å². The minimum absolute atomic E-state index is 0.328. The number of rotatable bonds is 5. The Morgan fingerprint density at radius 2 is 2.06 bits per heavy atom. The van der Waals surface area contributed by atoms with E-state index in [1.165, 1.54) is 18.4 Å². The largest absolute Gasteiger partial charge is 0.454 e. The third kappa shape index (κ3) is 2.68. The summed E-state index contributed by atoms with van der Waals surface area (Å²) in [5.41, 5.74) is 1.21. The number of ether oxygens (including phenoxy) is 2. The molecule has 1 aromatic rings. The Labute approximate surface area is 104 Å². The Morgan fingerprint density at radius 3 is 2.81 bits per heavy atom. The number of hydrogen-bond donors (Lipinski definition) is 1. The zero-order valence-electron chi connectivity index (χ0n) is 9.38. The second kappa shape index (κ2) is 5.55. The van der Waals surface area contributed by atoms with Crippen molar-refractivity contribution in [3.8, 4) is 11.5 Å². The average Bonchev–Trinajstić information content (AvgIpc) is 2.71. The van der Waals surface area contributed by atoms with Gasteiger partial charge in [0.1, 0.15) is 0 Å². The predicted molar refractivity (Wildman–Crippen MR) is 66.9 cm³/mol. The number of nitrogens with one attached hydrogen (secondary N) is 1. The van der Waals surface area contributed by atoms with Crippen LogP contribution in [-0.4, -0.2) is 13.3 Å². The molecule has 0 aliphatic carbocycles. The molecule has 0 spiro atoms. The number of hydrogen-bond acceptors (Lipinski definition) is 3. The van der Waals surface area contributed by atoms with Gasteiger partial charge in [-0.05, 0) is 30.7 Å². The molecule has 1 aromatic carbocycles. The third-order valence-electron chi connectivity index (χ3n) is 2.56. The zero-order chi connectivity index (χ0) is 11.4. The Hall–Kier alpha value is -0.740. The molecule has 1 heterocycles. The van der Waals surface area contributed by atoms with Crippen LogP contribution >= 0.6 is 15.9 Å². The van der Waals surface area contributed by atoms with Gasteiger partial charge in [0.2, 0.25) is 6.79 Å². The molecule has 0 amide bonds. The predicted octanol–water partition coefficient (Wildman–Crippen LogP) is 3.07. The van der Waals surface area contributed by atoms with Gasteiger partial charge in [-0.15, -0.1) is 0 Å². The molecule has 0 saturated carbocycles. The van der Waals surface area contributed by atoms with Crippen molar-refractivity contribution in [1.82, 2.24) is 5.32 Å². The lowest BCUT2D eigenvalue weighted by Gasteiger charge is -2.07. The van der Waals surface area contributed by atoms with Gasteiger partial charge in [0.05, 0.1) is 0 Å². The van der Waals surface area contributed by atoms with Gasteiger partial charge in [0, 0.05) is 11.0 Å². The van der Waals surface area contributed by atoms with Gasteiger partial charge in [-0.3, -0.25) is 0 Å². The lowest BCUT2D eigenvalue weighted by molar-refractivity contribution is 0.174. The fourth-order valence-electron chi connectivity index (χ4n) is 1.62. The van der Waals surface area contributed by atoms with Crippen molar-refractivity contribution < 1.29 is 9.47 Å². The lowest BCUT2D eigenvalue weighted by Crippen LogP contribution is -2.14. The highest BCUT2D eigenvalue weighted by Crippen LogP contribution is 2.36. The van der Waals surface area contributed by atoms with Crippen LogP contribution in [0.25, 0.3) is 0 Å². The van der Waals surface area contributed by atoms with Crippen molar-refractivity contribution in [3.05, 3.63) is 22.2 Å². The lowest BCUT2D eigenvalue weighted by atomic mass is 10.2. The molecule has 2 rings (SSSR count). The Bertz CT molecular complexity index is 368. The van der Waals surface area contributed by atoms with E-state index in [0.717, 1.165) is 29.1 Å². The fourth-order valence-corrected chi connectivity index (χ4v) is 2.08. The van der Waals surface area contributed by atoms with Gasteiger partial charge in [0.15, 0.2) is 11.5 Å². The van der Waals surface area contributed by atoms with Crippen LogP contribution in [-0.2, 0) is 6.54 Å². The SMILES string of the molecule is CCCCNCc1cc2c(cc1Br)OCO2. The van der Waals surface area contributed by atoms with E-state index < -0.39 is 0 Å². The van der Waals surface area contributed by atoms with Gasteiger partial charge in [0.25, 0.3) is 0 Å². The first kappa shape index (κ1) is 11.7. The fraction of sp³-hybridized carbons (Fsp3) is 0.500. The molecule has 1 aliphatic rings. The standard InChI is InChI=1S/C12H16BrNO2/c1-2-3-4-14-7-9-5-11-12(6-10(9)13)16-8-15-11/h5-6,14H,2-4,7-8H2,1H3. The first-order valence-corrected chi connectivity index (χ1v) is 6.39. The molecule has 88 valence electrons. The van der Waals surface area contributed by atoms with Crippen molar-refractivity contribution in [1.29, 1.82) is 0 Å². The number of unbranched alkanes of at least 4 members (excludes halogenated alkanes) is 1.